The minimum atomic E-state index is -0.0556. The van der Waals surface area contributed by atoms with Gasteiger partial charge in [-0.25, -0.2) is 4.98 Å². The summed E-state index contributed by atoms with van der Waals surface area (Å²) in [6.07, 6.45) is 0.940. The van der Waals surface area contributed by atoms with Crippen LogP contribution in [0.2, 0.25) is 0 Å². The van der Waals surface area contributed by atoms with E-state index >= 15 is 0 Å². The van der Waals surface area contributed by atoms with E-state index in [2.05, 4.69) is 17.2 Å². The van der Waals surface area contributed by atoms with Gasteiger partial charge in [0.1, 0.15) is 11.3 Å². The van der Waals surface area contributed by atoms with Gasteiger partial charge in [0.25, 0.3) is 0 Å². The van der Waals surface area contributed by atoms with Gasteiger partial charge in [0.05, 0.1) is 12.1 Å². The summed E-state index contributed by atoms with van der Waals surface area (Å²) in [6.45, 7) is 5.30. The lowest BCUT2D eigenvalue weighted by Crippen LogP contribution is -2.24. The molecule has 1 heterocycles. The number of carbonyl (C=O) groups excluding carboxylic acids is 1. The minimum Gasteiger partial charge on any atom is -0.491 e. The zero-order valence-electron chi connectivity index (χ0n) is 11.8. The molecular weight excluding hydrogens is 256 g/mol. The molecule has 0 bridgehead atoms. The van der Waals surface area contributed by atoms with Gasteiger partial charge in [0.2, 0.25) is 11.9 Å². The number of nitrogens with two attached hydrogens (primary N) is 1. The van der Waals surface area contributed by atoms with Crippen LogP contribution in [0.3, 0.4) is 0 Å². The van der Waals surface area contributed by atoms with Crippen molar-refractivity contribution >= 4 is 22.9 Å². The van der Waals surface area contributed by atoms with Gasteiger partial charge in [0.15, 0.2) is 0 Å². The summed E-state index contributed by atoms with van der Waals surface area (Å²) in [6, 6.07) is 5.76. The number of para-hydroxylation sites is 1. The second-order valence-electron chi connectivity index (χ2n) is 4.58. The van der Waals surface area contributed by atoms with Crippen molar-refractivity contribution in [3.8, 4) is 5.75 Å². The number of ether oxygens (including phenoxy) is 1. The Kier molecular flexibility index (Phi) is 4.45. The number of anilines is 1. The van der Waals surface area contributed by atoms with Crippen LogP contribution < -0.4 is 15.8 Å². The Bertz CT molecular complexity index is 606. The maximum absolute atomic E-state index is 10.9. The lowest BCUT2D eigenvalue weighted by Gasteiger charge is -2.08. The summed E-state index contributed by atoms with van der Waals surface area (Å²) in [7, 11) is 0. The number of nitrogens with one attached hydrogen (secondary N) is 1. The van der Waals surface area contributed by atoms with Crippen LogP contribution in [0.15, 0.2) is 18.2 Å². The number of rotatable bonds is 6. The van der Waals surface area contributed by atoms with Crippen molar-refractivity contribution in [2.75, 3.05) is 18.9 Å². The van der Waals surface area contributed by atoms with Crippen LogP contribution in [-0.4, -0.2) is 28.6 Å². The van der Waals surface area contributed by atoms with Crippen LogP contribution in [0.4, 0.5) is 5.95 Å². The highest BCUT2D eigenvalue weighted by Gasteiger charge is 2.12. The first kappa shape index (κ1) is 14.2. The van der Waals surface area contributed by atoms with Crippen LogP contribution in [0.5, 0.6) is 5.75 Å². The molecule has 1 aromatic heterocycles. The third-order valence-corrected chi connectivity index (χ3v) is 2.94. The molecule has 108 valence electrons. The number of imidazole rings is 1. The van der Waals surface area contributed by atoms with Crippen LogP contribution in [0, 0.1) is 0 Å². The summed E-state index contributed by atoms with van der Waals surface area (Å²) in [5.41, 5.74) is 7.63. The van der Waals surface area contributed by atoms with E-state index in [-0.39, 0.29) is 5.91 Å². The normalized spacial score (nSPS) is 10.7. The van der Waals surface area contributed by atoms with Crippen LogP contribution in [0.25, 0.3) is 11.0 Å². The molecule has 0 aliphatic carbocycles. The third kappa shape index (κ3) is 3.01. The monoisotopic (exact) mass is 276 g/mol. The van der Waals surface area contributed by atoms with Gasteiger partial charge in [-0.1, -0.05) is 13.0 Å². The lowest BCUT2D eigenvalue weighted by atomic mass is 10.3. The molecule has 20 heavy (non-hydrogen) atoms. The molecular formula is C14H20N4O2. The number of aromatic nitrogens is 2. The Balaban J connectivity index is 2.26. The number of nitrogen functional groups attached to an aromatic ring is 1. The van der Waals surface area contributed by atoms with Crippen molar-refractivity contribution in [3.05, 3.63) is 18.2 Å². The zero-order chi connectivity index (χ0) is 14.5. The van der Waals surface area contributed by atoms with Gasteiger partial charge in [-0.2, -0.15) is 0 Å². The average molecular weight is 276 g/mol. The fourth-order valence-electron chi connectivity index (χ4n) is 2.05. The van der Waals surface area contributed by atoms with Crippen molar-refractivity contribution in [1.29, 1.82) is 0 Å². The van der Waals surface area contributed by atoms with Gasteiger partial charge in [-0.05, 0) is 18.6 Å². The van der Waals surface area contributed by atoms with Gasteiger partial charge >= 0.3 is 0 Å². The van der Waals surface area contributed by atoms with E-state index in [9.17, 15) is 4.79 Å². The van der Waals surface area contributed by atoms with Crippen molar-refractivity contribution in [2.45, 2.75) is 26.8 Å². The third-order valence-electron chi connectivity index (χ3n) is 2.94. The topological polar surface area (TPSA) is 82.2 Å². The van der Waals surface area contributed by atoms with E-state index in [1.807, 2.05) is 22.8 Å². The Morgan fingerprint density at radius 1 is 1.50 bits per heavy atom. The van der Waals surface area contributed by atoms with Gasteiger partial charge in [-0.15, -0.1) is 0 Å². The molecule has 0 saturated heterocycles. The first-order valence-corrected chi connectivity index (χ1v) is 6.75. The highest BCUT2D eigenvalue weighted by atomic mass is 16.5. The maximum atomic E-state index is 10.9. The number of nitrogens with zero attached hydrogens (tertiary/aromatic N) is 2. The summed E-state index contributed by atoms with van der Waals surface area (Å²) >= 11 is 0. The number of amides is 1. The molecule has 0 unspecified atom stereocenters. The fraction of sp³-hybridized carbons (Fsp3) is 0.429. The molecule has 2 aromatic rings. The number of fused-ring (bicyclic) bond motifs is 1. The summed E-state index contributed by atoms with van der Waals surface area (Å²) in [5.74, 6) is 1.12. The van der Waals surface area contributed by atoms with Crippen molar-refractivity contribution in [2.24, 2.45) is 0 Å². The van der Waals surface area contributed by atoms with Crippen LogP contribution >= 0.6 is 0 Å². The van der Waals surface area contributed by atoms with E-state index in [4.69, 9.17) is 10.5 Å². The first-order chi connectivity index (χ1) is 9.63. The van der Waals surface area contributed by atoms with E-state index in [0.29, 0.717) is 25.6 Å². The second kappa shape index (κ2) is 6.27. The van der Waals surface area contributed by atoms with Crippen molar-refractivity contribution in [3.63, 3.8) is 0 Å². The Hall–Kier alpha value is -2.24. The Morgan fingerprint density at radius 3 is 3.00 bits per heavy atom. The van der Waals surface area contributed by atoms with Gasteiger partial charge < -0.3 is 20.4 Å². The molecule has 0 fully saturated rings. The molecule has 0 atom stereocenters. The summed E-state index contributed by atoms with van der Waals surface area (Å²) < 4.78 is 7.56. The summed E-state index contributed by atoms with van der Waals surface area (Å²) in [4.78, 5) is 15.3. The molecule has 0 aliphatic heterocycles. The zero-order valence-corrected chi connectivity index (χ0v) is 11.8. The number of hydrogen-bond acceptors (Lipinski definition) is 4. The molecule has 2 rings (SSSR count). The summed E-state index contributed by atoms with van der Waals surface area (Å²) in [5, 5.41) is 2.75. The quantitative estimate of drug-likeness (QED) is 0.838. The molecule has 0 saturated carbocycles. The molecule has 6 heteroatoms. The van der Waals surface area contributed by atoms with E-state index in [0.717, 1.165) is 23.2 Å². The van der Waals surface area contributed by atoms with Gasteiger partial charge in [-0.3, -0.25) is 4.79 Å². The highest BCUT2D eigenvalue weighted by Crippen LogP contribution is 2.27. The fourth-order valence-corrected chi connectivity index (χ4v) is 2.05. The van der Waals surface area contributed by atoms with Crippen molar-refractivity contribution < 1.29 is 9.53 Å². The molecule has 0 radical (unpaired) electrons. The molecule has 6 nitrogen and oxygen atoms in total. The predicted octanol–water partition coefficient (Wildman–Crippen LogP) is 1.54. The molecule has 0 spiro atoms. The van der Waals surface area contributed by atoms with Crippen molar-refractivity contribution in [1.82, 2.24) is 14.9 Å². The van der Waals surface area contributed by atoms with E-state index < -0.39 is 0 Å². The molecule has 0 aliphatic rings. The second-order valence-corrected chi connectivity index (χ2v) is 4.58. The molecule has 1 amide bonds. The highest BCUT2D eigenvalue weighted by molar-refractivity contribution is 5.84. The predicted molar refractivity (Wildman–Crippen MR) is 78.6 cm³/mol. The number of benzene rings is 1. The standard InChI is InChI=1S/C14H20N4O2/c1-3-9-20-12-6-4-5-11-13(12)17-14(15)18(11)8-7-16-10(2)19/h4-6H,3,7-9H2,1-2H3,(H2,15,17)(H,16,19). The van der Waals surface area contributed by atoms with Gasteiger partial charge in [0, 0.05) is 20.0 Å². The first-order valence-electron chi connectivity index (χ1n) is 6.75. The number of carbonyl (C=O) groups is 1. The van der Waals surface area contributed by atoms with Crippen LogP contribution in [0.1, 0.15) is 20.3 Å². The molecule has 1 aromatic carbocycles. The largest absolute Gasteiger partial charge is 0.491 e. The average Bonchev–Trinajstić information content (AvgIpc) is 2.73. The van der Waals surface area contributed by atoms with Crippen LogP contribution in [-0.2, 0) is 11.3 Å². The maximum Gasteiger partial charge on any atom is 0.216 e. The molecule has 3 N–H and O–H groups in total. The SMILES string of the molecule is CCCOc1cccc2c1nc(N)n2CCNC(C)=O. The number of hydrogen-bond donors (Lipinski definition) is 2. The van der Waals surface area contributed by atoms with E-state index in [1.54, 1.807) is 0 Å². The Morgan fingerprint density at radius 2 is 2.30 bits per heavy atom. The smallest absolute Gasteiger partial charge is 0.216 e. The Labute approximate surface area is 117 Å². The van der Waals surface area contributed by atoms with E-state index in [1.165, 1.54) is 6.92 Å². The lowest BCUT2D eigenvalue weighted by molar-refractivity contribution is -0.118. The minimum absolute atomic E-state index is 0.0556.